The van der Waals surface area contributed by atoms with E-state index in [9.17, 15) is 9.90 Å². The molecule has 2 heterocycles. The van der Waals surface area contributed by atoms with Gasteiger partial charge in [0.25, 0.3) is 0 Å². The molecular weight excluding hydrogens is 258 g/mol. The number of carboxylic acid groups (broad SMARTS) is 1. The van der Waals surface area contributed by atoms with Crippen LogP contribution < -0.4 is 0 Å². The SMILES string of the molecule is CN(C1CCOC2(CCCC2)C1)C1COCC1C(=O)O. The van der Waals surface area contributed by atoms with Crippen molar-refractivity contribution in [2.75, 3.05) is 26.9 Å². The highest BCUT2D eigenvalue weighted by Gasteiger charge is 2.44. The van der Waals surface area contributed by atoms with Crippen molar-refractivity contribution in [1.82, 2.24) is 4.90 Å². The zero-order chi connectivity index (χ0) is 14.2. The van der Waals surface area contributed by atoms with Crippen molar-refractivity contribution in [1.29, 1.82) is 0 Å². The molecule has 5 heteroatoms. The van der Waals surface area contributed by atoms with Crippen LogP contribution in [0.25, 0.3) is 0 Å². The smallest absolute Gasteiger partial charge is 0.310 e. The van der Waals surface area contributed by atoms with Gasteiger partial charge in [-0.3, -0.25) is 9.69 Å². The molecule has 3 atom stereocenters. The summed E-state index contributed by atoms with van der Waals surface area (Å²) < 4.78 is 11.5. The molecule has 1 saturated carbocycles. The molecule has 1 N–H and O–H groups in total. The van der Waals surface area contributed by atoms with Gasteiger partial charge in [-0.05, 0) is 32.7 Å². The molecule has 0 aromatic carbocycles. The maximum absolute atomic E-state index is 11.3. The molecule has 20 heavy (non-hydrogen) atoms. The molecule has 3 unspecified atom stereocenters. The van der Waals surface area contributed by atoms with E-state index >= 15 is 0 Å². The van der Waals surface area contributed by atoms with E-state index in [0.29, 0.717) is 19.3 Å². The summed E-state index contributed by atoms with van der Waals surface area (Å²) in [5, 5.41) is 9.30. The zero-order valence-corrected chi connectivity index (χ0v) is 12.2. The minimum Gasteiger partial charge on any atom is -0.481 e. The molecular formula is C15H25NO4. The van der Waals surface area contributed by atoms with E-state index in [0.717, 1.165) is 19.4 Å². The molecule has 0 aromatic rings. The molecule has 0 radical (unpaired) electrons. The summed E-state index contributed by atoms with van der Waals surface area (Å²) >= 11 is 0. The first-order chi connectivity index (χ1) is 9.61. The molecule has 5 nitrogen and oxygen atoms in total. The summed E-state index contributed by atoms with van der Waals surface area (Å²) in [7, 11) is 2.06. The van der Waals surface area contributed by atoms with E-state index in [2.05, 4.69) is 11.9 Å². The fourth-order valence-corrected chi connectivity index (χ4v) is 4.17. The van der Waals surface area contributed by atoms with Crippen LogP contribution in [0.2, 0.25) is 0 Å². The van der Waals surface area contributed by atoms with Gasteiger partial charge in [0.1, 0.15) is 0 Å². The lowest BCUT2D eigenvalue weighted by Gasteiger charge is -2.44. The predicted octanol–water partition coefficient (Wildman–Crippen LogP) is 1.51. The molecule has 3 rings (SSSR count). The molecule has 1 aliphatic carbocycles. The van der Waals surface area contributed by atoms with Crippen LogP contribution in [-0.2, 0) is 14.3 Å². The molecule has 2 saturated heterocycles. The quantitative estimate of drug-likeness (QED) is 0.851. The summed E-state index contributed by atoms with van der Waals surface area (Å²) in [6.07, 6.45) is 6.91. The third-order valence-corrected chi connectivity index (χ3v) is 5.45. The number of rotatable bonds is 3. The van der Waals surface area contributed by atoms with Crippen LogP contribution >= 0.6 is 0 Å². The van der Waals surface area contributed by atoms with Gasteiger partial charge in [-0.1, -0.05) is 12.8 Å². The monoisotopic (exact) mass is 283 g/mol. The van der Waals surface area contributed by atoms with Gasteiger partial charge in [0.15, 0.2) is 0 Å². The fraction of sp³-hybridized carbons (Fsp3) is 0.933. The van der Waals surface area contributed by atoms with Crippen molar-refractivity contribution in [3.8, 4) is 0 Å². The van der Waals surface area contributed by atoms with Gasteiger partial charge in [-0.15, -0.1) is 0 Å². The van der Waals surface area contributed by atoms with Gasteiger partial charge in [0, 0.05) is 18.7 Å². The van der Waals surface area contributed by atoms with Crippen molar-refractivity contribution in [3.63, 3.8) is 0 Å². The third-order valence-electron chi connectivity index (χ3n) is 5.45. The second-order valence-corrected chi connectivity index (χ2v) is 6.60. The number of aliphatic carboxylic acids is 1. The number of likely N-dealkylation sites (N-methyl/N-ethyl adjacent to an activating group) is 1. The van der Waals surface area contributed by atoms with Crippen LogP contribution in [0.5, 0.6) is 0 Å². The molecule has 2 aliphatic heterocycles. The fourth-order valence-electron chi connectivity index (χ4n) is 4.17. The first-order valence-corrected chi connectivity index (χ1v) is 7.78. The molecule has 3 aliphatic rings. The van der Waals surface area contributed by atoms with Crippen molar-refractivity contribution < 1.29 is 19.4 Å². The van der Waals surface area contributed by atoms with Crippen molar-refractivity contribution in [3.05, 3.63) is 0 Å². The zero-order valence-electron chi connectivity index (χ0n) is 12.2. The minimum atomic E-state index is -0.734. The first kappa shape index (κ1) is 14.3. The van der Waals surface area contributed by atoms with Crippen molar-refractivity contribution in [2.24, 2.45) is 5.92 Å². The number of nitrogens with zero attached hydrogens (tertiary/aromatic N) is 1. The van der Waals surface area contributed by atoms with E-state index in [4.69, 9.17) is 9.47 Å². The minimum absolute atomic E-state index is 0.00838. The van der Waals surface area contributed by atoms with E-state index < -0.39 is 5.97 Å². The molecule has 114 valence electrons. The van der Waals surface area contributed by atoms with Crippen LogP contribution in [0.4, 0.5) is 0 Å². The Labute approximate surface area is 120 Å². The van der Waals surface area contributed by atoms with Crippen LogP contribution in [0.15, 0.2) is 0 Å². The van der Waals surface area contributed by atoms with E-state index in [1.165, 1.54) is 25.7 Å². The Morgan fingerprint density at radius 3 is 2.75 bits per heavy atom. The summed E-state index contributed by atoms with van der Waals surface area (Å²) in [5.74, 6) is -1.12. The van der Waals surface area contributed by atoms with Gasteiger partial charge >= 0.3 is 5.97 Å². The Balaban J connectivity index is 1.67. The highest BCUT2D eigenvalue weighted by atomic mass is 16.5. The highest BCUT2D eigenvalue weighted by Crippen LogP contribution is 2.41. The Bertz CT molecular complexity index is 367. The van der Waals surface area contributed by atoms with Gasteiger partial charge in [-0.2, -0.15) is 0 Å². The second kappa shape index (κ2) is 5.62. The Hall–Kier alpha value is -0.650. The molecule has 1 spiro atoms. The largest absolute Gasteiger partial charge is 0.481 e. The summed E-state index contributed by atoms with van der Waals surface area (Å²) in [6, 6.07) is 0.435. The van der Waals surface area contributed by atoms with E-state index in [1.807, 2.05) is 0 Å². The van der Waals surface area contributed by atoms with E-state index in [-0.39, 0.29) is 17.6 Å². The number of hydrogen-bond donors (Lipinski definition) is 1. The average molecular weight is 283 g/mol. The Morgan fingerprint density at radius 1 is 1.30 bits per heavy atom. The maximum atomic E-state index is 11.3. The molecule has 3 fully saturated rings. The lowest BCUT2D eigenvalue weighted by molar-refractivity contribution is -0.144. The predicted molar refractivity (Wildman–Crippen MR) is 73.7 cm³/mol. The lowest BCUT2D eigenvalue weighted by atomic mass is 9.87. The van der Waals surface area contributed by atoms with Crippen LogP contribution in [0, 0.1) is 5.92 Å². The number of carbonyl (C=O) groups is 1. The Morgan fingerprint density at radius 2 is 2.05 bits per heavy atom. The first-order valence-electron chi connectivity index (χ1n) is 7.78. The summed E-state index contributed by atoms with van der Waals surface area (Å²) in [6.45, 7) is 1.69. The van der Waals surface area contributed by atoms with Crippen molar-refractivity contribution in [2.45, 2.75) is 56.2 Å². The molecule has 0 amide bonds. The van der Waals surface area contributed by atoms with Crippen LogP contribution in [-0.4, -0.2) is 60.5 Å². The number of hydrogen-bond acceptors (Lipinski definition) is 4. The average Bonchev–Trinajstić information content (AvgIpc) is 3.07. The Kier molecular flexibility index (Phi) is 4.02. The van der Waals surface area contributed by atoms with Gasteiger partial charge in [-0.25, -0.2) is 0 Å². The molecule has 0 aromatic heterocycles. The van der Waals surface area contributed by atoms with Gasteiger partial charge in [0.2, 0.25) is 0 Å². The van der Waals surface area contributed by atoms with Crippen LogP contribution in [0.3, 0.4) is 0 Å². The van der Waals surface area contributed by atoms with Gasteiger partial charge in [0.05, 0.1) is 24.7 Å². The highest BCUT2D eigenvalue weighted by molar-refractivity contribution is 5.71. The standard InChI is InChI=1S/C15H25NO4/c1-16(13-10-19-9-12(13)14(17)18)11-4-7-20-15(8-11)5-2-3-6-15/h11-13H,2-10H2,1H3,(H,17,18). The normalized spacial score (nSPS) is 36.8. The van der Waals surface area contributed by atoms with Crippen LogP contribution in [0.1, 0.15) is 38.5 Å². The number of ether oxygens (including phenoxy) is 2. The number of carboxylic acids is 1. The topological polar surface area (TPSA) is 59.0 Å². The second-order valence-electron chi connectivity index (χ2n) is 6.60. The third kappa shape index (κ3) is 2.59. The van der Waals surface area contributed by atoms with Crippen molar-refractivity contribution >= 4 is 5.97 Å². The molecule has 0 bridgehead atoms. The lowest BCUT2D eigenvalue weighted by Crippen LogP contribution is -2.52. The van der Waals surface area contributed by atoms with E-state index in [1.54, 1.807) is 0 Å². The summed E-state index contributed by atoms with van der Waals surface area (Å²) in [5.41, 5.74) is 0.0787. The van der Waals surface area contributed by atoms with Gasteiger partial charge < -0.3 is 14.6 Å². The maximum Gasteiger partial charge on any atom is 0.310 e. The summed E-state index contributed by atoms with van der Waals surface area (Å²) in [4.78, 5) is 13.6.